The molecule has 1 aliphatic heterocycles. The third kappa shape index (κ3) is 3.50. The van der Waals surface area contributed by atoms with Gasteiger partial charge in [-0.05, 0) is 43.2 Å². The van der Waals surface area contributed by atoms with Gasteiger partial charge in [0, 0.05) is 19.3 Å². The Morgan fingerprint density at radius 2 is 1.71 bits per heavy atom. The number of pyridine rings is 1. The predicted molar refractivity (Wildman–Crippen MR) is 100.0 cm³/mol. The van der Waals surface area contributed by atoms with Crippen molar-refractivity contribution in [2.24, 2.45) is 5.41 Å². The molecule has 2 aliphatic rings. The van der Waals surface area contributed by atoms with Gasteiger partial charge in [-0.2, -0.15) is 23.0 Å². The zero-order valence-corrected chi connectivity index (χ0v) is 15.9. The molecule has 0 radical (unpaired) electrons. The van der Waals surface area contributed by atoms with E-state index in [1.165, 1.54) is 31.9 Å². The average Bonchev–Trinajstić information content (AvgIpc) is 3.12. The molecule has 0 atom stereocenters. The van der Waals surface area contributed by atoms with Gasteiger partial charge in [0.2, 0.25) is 0 Å². The molecule has 1 saturated heterocycles. The van der Waals surface area contributed by atoms with Gasteiger partial charge in [0.25, 0.3) is 5.56 Å². The van der Waals surface area contributed by atoms with Gasteiger partial charge in [-0.15, -0.1) is 0 Å². The van der Waals surface area contributed by atoms with Gasteiger partial charge >= 0.3 is 6.18 Å². The summed E-state index contributed by atoms with van der Waals surface area (Å²) >= 11 is 6.31. The molecule has 5 nitrogen and oxygen atoms in total. The second-order valence-corrected chi connectivity index (χ2v) is 8.04. The monoisotopic (exact) mass is 412 g/mol. The molecule has 0 N–H and O–H groups in total. The molecule has 150 valence electrons. The lowest BCUT2D eigenvalue weighted by molar-refractivity contribution is -0.137. The molecule has 3 heterocycles. The lowest BCUT2D eigenvalue weighted by atomic mass is 9.77. The van der Waals surface area contributed by atoms with Gasteiger partial charge in [-0.1, -0.05) is 24.4 Å². The third-order valence-electron chi connectivity index (χ3n) is 6.02. The Morgan fingerprint density at radius 3 is 2.29 bits per heavy atom. The maximum absolute atomic E-state index is 12.7. The third-order valence-corrected chi connectivity index (χ3v) is 6.38. The average molecular weight is 413 g/mol. The lowest BCUT2D eigenvalue weighted by Crippen LogP contribution is -2.40. The van der Waals surface area contributed by atoms with Crippen molar-refractivity contribution in [3.8, 4) is 5.82 Å². The van der Waals surface area contributed by atoms with Crippen LogP contribution < -0.4 is 10.5 Å². The lowest BCUT2D eigenvalue weighted by Gasteiger charge is -2.40. The van der Waals surface area contributed by atoms with E-state index in [-0.39, 0.29) is 10.8 Å². The van der Waals surface area contributed by atoms with Crippen LogP contribution in [0.4, 0.5) is 18.9 Å². The van der Waals surface area contributed by atoms with E-state index in [9.17, 15) is 18.0 Å². The fourth-order valence-electron chi connectivity index (χ4n) is 4.33. The Morgan fingerprint density at radius 1 is 1.04 bits per heavy atom. The summed E-state index contributed by atoms with van der Waals surface area (Å²) in [6.45, 7) is 1.65. The van der Waals surface area contributed by atoms with Crippen molar-refractivity contribution < 1.29 is 13.2 Å². The first kappa shape index (κ1) is 19.2. The van der Waals surface area contributed by atoms with E-state index in [2.05, 4.69) is 15.0 Å². The summed E-state index contributed by atoms with van der Waals surface area (Å²) < 4.78 is 39.0. The molecule has 9 heteroatoms. The Labute approximate surface area is 165 Å². The second-order valence-electron chi connectivity index (χ2n) is 7.66. The van der Waals surface area contributed by atoms with Crippen molar-refractivity contribution in [1.29, 1.82) is 0 Å². The van der Waals surface area contributed by atoms with E-state index < -0.39 is 17.3 Å². The largest absolute Gasteiger partial charge is 0.417 e. The van der Waals surface area contributed by atoms with E-state index in [1.807, 2.05) is 0 Å². The van der Waals surface area contributed by atoms with Crippen LogP contribution in [0, 0.1) is 5.41 Å². The number of aromatic nitrogens is 3. The Balaban J connectivity index is 1.57. The summed E-state index contributed by atoms with van der Waals surface area (Å²) in [5, 5.41) is 4.11. The van der Waals surface area contributed by atoms with Crippen molar-refractivity contribution in [3.05, 3.63) is 45.5 Å². The number of piperidine rings is 1. The predicted octanol–water partition coefficient (Wildman–Crippen LogP) is 4.46. The topological polar surface area (TPSA) is 51.0 Å². The minimum atomic E-state index is -4.49. The molecule has 0 unspecified atom stereocenters. The van der Waals surface area contributed by atoms with Crippen LogP contribution in [0.3, 0.4) is 0 Å². The maximum atomic E-state index is 12.7. The zero-order valence-electron chi connectivity index (χ0n) is 15.2. The number of halogens is 4. The summed E-state index contributed by atoms with van der Waals surface area (Å²) in [7, 11) is 0. The van der Waals surface area contributed by atoms with Crippen LogP contribution in [-0.4, -0.2) is 27.9 Å². The molecule has 2 aromatic heterocycles. The first-order chi connectivity index (χ1) is 13.3. The van der Waals surface area contributed by atoms with Crippen LogP contribution in [0.15, 0.2) is 29.3 Å². The molecule has 2 fully saturated rings. The van der Waals surface area contributed by atoms with E-state index >= 15 is 0 Å². The van der Waals surface area contributed by atoms with Gasteiger partial charge in [0.15, 0.2) is 5.82 Å². The number of nitrogens with zero attached hydrogens (tertiary/aromatic N) is 4. The molecule has 0 aromatic carbocycles. The summed E-state index contributed by atoms with van der Waals surface area (Å²) in [5.74, 6) is -0.00463. The Hall–Kier alpha value is -2.09. The van der Waals surface area contributed by atoms with Gasteiger partial charge < -0.3 is 4.90 Å². The molecular formula is C19H20ClF3N4O. The van der Waals surface area contributed by atoms with Crippen molar-refractivity contribution in [3.63, 3.8) is 0 Å². The molecule has 2 aromatic rings. The summed E-state index contributed by atoms with van der Waals surface area (Å²) in [4.78, 5) is 18.4. The smallest absolute Gasteiger partial charge is 0.369 e. The first-order valence-corrected chi connectivity index (χ1v) is 9.73. The van der Waals surface area contributed by atoms with E-state index in [1.54, 1.807) is 0 Å². The minimum Gasteiger partial charge on any atom is -0.369 e. The minimum absolute atomic E-state index is 0.00463. The number of rotatable bonds is 2. The highest BCUT2D eigenvalue weighted by Gasteiger charge is 2.37. The molecule has 0 bridgehead atoms. The summed E-state index contributed by atoms with van der Waals surface area (Å²) in [6.07, 6.45) is 4.96. The fourth-order valence-corrected chi connectivity index (χ4v) is 4.58. The van der Waals surface area contributed by atoms with Crippen molar-refractivity contribution >= 4 is 17.3 Å². The van der Waals surface area contributed by atoms with E-state index in [0.29, 0.717) is 17.3 Å². The van der Waals surface area contributed by atoms with Crippen LogP contribution >= 0.6 is 11.6 Å². The molecule has 28 heavy (non-hydrogen) atoms. The molecule has 0 amide bonds. The van der Waals surface area contributed by atoms with Gasteiger partial charge in [0.05, 0.1) is 17.4 Å². The van der Waals surface area contributed by atoms with Crippen LogP contribution in [-0.2, 0) is 6.18 Å². The Kier molecular flexibility index (Phi) is 4.85. The molecule has 4 rings (SSSR count). The summed E-state index contributed by atoms with van der Waals surface area (Å²) in [6, 6.07) is 1.97. The van der Waals surface area contributed by atoms with Gasteiger partial charge in [-0.3, -0.25) is 4.79 Å². The van der Waals surface area contributed by atoms with Crippen molar-refractivity contribution in [2.45, 2.75) is 44.7 Å². The molecule has 1 aliphatic carbocycles. The fraction of sp³-hybridized carbons (Fsp3) is 0.526. The van der Waals surface area contributed by atoms with Crippen LogP contribution in [0.5, 0.6) is 0 Å². The van der Waals surface area contributed by atoms with E-state index in [4.69, 9.17) is 11.6 Å². The number of alkyl halides is 3. The van der Waals surface area contributed by atoms with Gasteiger partial charge in [-0.25, -0.2) is 4.98 Å². The van der Waals surface area contributed by atoms with Crippen LogP contribution in [0.2, 0.25) is 5.02 Å². The molecule has 1 saturated carbocycles. The normalized spacial score (nSPS) is 19.4. The van der Waals surface area contributed by atoms with Gasteiger partial charge in [0.1, 0.15) is 5.02 Å². The quantitative estimate of drug-likeness (QED) is 0.730. The standard InChI is InChI=1S/C19H20ClF3N4O/c20-16-14(26-9-7-18(8-10-26)5-1-2-6-18)12-25-27(17(16)28)15-4-3-13(11-24-15)19(21,22)23/h3-4,11-12H,1-2,5-10H2. The number of hydrogen-bond acceptors (Lipinski definition) is 4. The highest BCUT2D eigenvalue weighted by Crippen LogP contribution is 2.46. The second kappa shape index (κ2) is 7.06. The zero-order chi connectivity index (χ0) is 19.9. The van der Waals surface area contributed by atoms with E-state index in [0.717, 1.165) is 42.7 Å². The highest BCUT2D eigenvalue weighted by molar-refractivity contribution is 6.33. The van der Waals surface area contributed by atoms with Crippen molar-refractivity contribution in [2.75, 3.05) is 18.0 Å². The number of anilines is 1. The SMILES string of the molecule is O=c1c(Cl)c(N2CCC3(CCCC3)CC2)cnn1-c1ccc(C(F)(F)F)cn1. The summed E-state index contributed by atoms with van der Waals surface area (Å²) in [5.41, 5.74) is -0.466. The first-order valence-electron chi connectivity index (χ1n) is 9.36. The van der Waals surface area contributed by atoms with Crippen molar-refractivity contribution in [1.82, 2.24) is 14.8 Å². The highest BCUT2D eigenvalue weighted by atomic mass is 35.5. The molecule has 1 spiro atoms. The maximum Gasteiger partial charge on any atom is 0.417 e. The number of hydrogen-bond donors (Lipinski definition) is 0. The van der Waals surface area contributed by atoms with Crippen LogP contribution in [0.1, 0.15) is 44.1 Å². The van der Waals surface area contributed by atoms with Crippen LogP contribution in [0.25, 0.3) is 5.82 Å². The Bertz CT molecular complexity index is 910. The molecular weight excluding hydrogens is 393 g/mol.